The Labute approximate surface area is 158 Å². The van der Waals surface area contributed by atoms with Crippen molar-refractivity contribution in [1.29, 1.82) is 0 Å². The monoisotopic (exact) mass is 392 g/mol. The van der Waals surface area contributed by atoms with Crippen LogP contribution in [0.1, 0.15) is 6.92 Å². The fraction of sp³-hybridized carbons (Fsp3) is 0.211. The SMILES string of the molecule is C=CCOc1cccc(NC(=O)[C@H](C)N(c2ccccc2F)S(C)(=O)=O)c1. The first-order chi connectivity index (χ1) is 12.7. The zero-order valence-corrected chi connectivity index (χ0v) is 15.9. The summed E-state index contributed by atoms with van der Waals surface area (Å²) in [7, 11) is -3.90. The minimum absolute atomic E-state index is 0.189. The Hall–Kier alpha value is -2.87. The summed E-state index contributed by atoms with van der Waals surface area (Å²) >= 11 is 0. The van der Waals surface area contributed by atoms with Gasteiger partial charge in [0.05, 0.1) is 11.9 Å². The van der Waals surface area contributed by atoms with Crippen LogP contribution < -0.4 is 14.4 Å². The number of anilines is 2. The van der Waals surface area contributed by atoms with Crippen LogP contribution in [-0.4, -0.2) is 33.2 Å². The van der Waals surface area contributed by atoms with Crippen LogP contribution in [0.5, 0.6) is 5.75 Å². The molecular weight excluding hydrogens is 371 g/mol. The highest BCUT2D eigenvalue weighted by Gasteiger charge is 2.31. The number of carbonyl (C=O) groups excluding carboxylic acids is 1. The first kappa shape index (κ1) is 20.4. The highest BCUT2D eigenvalue weighted by atomic mass is 32.2. The molecule has 2 aromatic carbocycles. The average molecular weight is 392 g/mol. The molecule has 0 aliphatic carbocycles. The van der Waals surface area contributed by atoms with Crippen molar-refractivity contribution in [2.24, 2.45) is 0 Å². The number of benzene rings is 2. The Morgan fingerprint density at radius 3 is 2.63 bits per heavy atom. The third-order valence-electron chi connectivity index (χ3n) is 3.65. The highest BCUT2D eigenvalue weighted by molar-refractivity contribution is 7.92. The lowest BCUT2D eigenvalue weighted by Gasteiger charge is -2.28. The van der Waals surface area contributed by atoms with Gasteiger partial charge in [-0.25, -0.2) is 12.8 Å². The van der Waals surface area contributed by atoms with E-state index in [0.717, 1.165) is 16.6 Å². The number of nitrogens with one attached hydrogen (secondary N) is 1. The summed E-state index contributed by atoms with van der Waals surface area (Å²) in [6.07, 6.45) is 2.51. The van der Waals surface area contributed by atoms with Gasteiger partial charge in [-0.2, -0.15) is 0 Å². The summed E-state index contributed by atoms with van der Waals surface area (Å²) in [5, 5.41) is 2.63. The van der Waals surface area contributed by atoms with E-state index < -0.39 is 27.8 Å². The maximum atomic E-state index is 14.1. The van der Waals surface area contributed by atoms with E-state index in [2.05, 4.69) is 11.9 Å². The smallest absolute Gasteiger partial charge is 0.247 e. The fourth-order valence-corrected chi connectivity index (χ4v) is 3.65. The molecule has 0 saturated heterocycles. The second kappa shape index (κ2) is 8.68. The Balaban J connectivity index is 2.26. The third kappa shape index (κ3) is 5.30. The Kier molecular flexibility index (Phi) is 6.57. The van der Waals surface area contributed by atoms with E-state index in [1.165, 1.54) is 25.1 Å². The molecule has 0 aliphatic heterocycles. The van der Waals surface area contributed by atoms with Crippen LogP contribution in [0.15, 0.2) is 61.2 Å². The van der Waals surface area contributed by atoms with E-state index in [4.69, 9.17) is 4.74 Å². The molecule has 0 aliphatic rings. The third-order valence-corrected chi connectivity index (χ3v) is 4.88. The number of sulfonamides is 1. The van der Waals surface area contributed by atoms with Crippen molar-refractivity contribution in [2.45, 2.75) is 13.0 Å². The molecular formula is C19H21FN2O4S. The predicted octanol–water partition coefficient (Wildman–Crippen LogP) is 3.18. The number of hydrogen-bond donors (Lipinski definition) is 1. The van der Waals surface area contributed by atoms with Crippen LogP contribution >= 0.6 is 0 Å². The number of nitrogens with zero attached hydrogens (tertiary/aromatic N) is 1. The predicted molar refractivity (Wildman–Crippen MR) is 104 cm³/mol. The van der Waals surface area contributed by atoms with Crippen LogP contribution in [0, 0.1) is 5.82 Å². The molecule has 1 N–H and O–H groups in total. The van der Waals surface area contributed by atoms with Gasteiger partial charge < -0.3 is 10.1 Å². The molecule has 0 radical (unpaired) electrons. The quantitative estimate of drug-likeness (QED) is 0.700. The molecule has 0 fully saturated rings. The van der Waals surface area contributed by atoms with E-state index in [-0.39, 0.29) is 5.69 Å². The summed E-state index contributed by atoms with van der Waals surface area (Å²) in [4.78, 5) is 12.6. The van der Waals surface area contributed by atoms with Gasteiger partial charge in [0.1, 0.15) is 24.2 Å². The van der Waals surface area contributed by atoms with Crippen molar-refractivity contribution >= 4 is 27.3 Å². The van der Waals surface area contributed by atoms with Crippen LogP contribution in [-0.2, 0) is 14.8 Å². The highest BCUT2D eigenvalue weighted by Crippen LogP contribution is 2.25. The zero-order valence-electron chi connectivity index (χ0n) is 15.1. The number of halogens is 1. The Bertz CT molecular complexity index is 931. The zero-order chi connectivity index (χ0) is 20.0. The average Bonchev–Trinajstić information content (AvgIpc) is 2.61. The van der Waals surface area contributed by atoms with E-state index in [1.807, 2.05) is 0 Å². The molecule has 2 aromatic rings. The lowest BCUT2D eigenvalue weighted by atomic mass is 10.2. The number of para-hydroxylation sites is 1. The molecule has 0 heterocycles. The van der Waals surface area contributed by atoms with Crippen molar-refractivity contribution in [3.05, 3.63) is 67.0 Å². The van der Waals surface area contributed by atoms with Gasteiger partial charge in [0.15, 0.2) is 0 Å². The van der Waals surface area contributed by atoms with Crippen LogP contribution in [0.25, 0.3) is 0 Å². The molecule has 8 heteroatoms. The van der Waals surface area contributed by atoms with Gasteiger partial charge in [0.25, 0.3) is 0 Å². The van der Waals surface area contributed by atoms with E-state index in [9.17, 15) is 17.6 Å². The number of ether oxygens (including phenoxy) is 1. The van der Waals surface area contributed by atoms with Crippen molar-refractivity contribution < 1.29 is 22.3 Å². The molecule has 1 atom stereocenters. The number of carbonyl (C=O) groups is 1. The first-order valence-electron chi connectivity index (χ1n) is 8.12. The van der Waals surface area contributed by atoms with Gasteiger partial charge in [-0.1, -0.05) is 30.9 Å². The minimum Gasteiger partial charge on any atom is -0.489 e. The van der Waals surface area contributed by atoms with Crippen LogP contribution in [0.4, 0.5) is 15.8 Å². The number of hydrogen-bond acceptors (Lipinski definition) is 4. The Morgan fingerprint density at radius 1 is 1.30 bits per heavy atom. The second-order valence-corrected chi connectivity index (χ2v) is 7.66. The summed E-state index contributed by atoms with van der Waals surface area (Å²) in [6.45, 7) is 5.26. The Morgan fingerprint density at radius 2 is 2.00 bits per heavy atom. The molecule has 6 nitrogen and oxygen atoms in total. The molecule has 1 amide bonds. The normalized spacial score (nSPS) is 12.1. The lowest BCUT2D eigenvalue weighted by Crippen LogP contribution is -2.45. The van der Waals surface area contributed by atoms with E-state index >= 15 is 0 Å². The molecule has 0 saturated carbocycles. The summed E-state index contributed by atoms with van der Waals surface area (Å²) in [5.41, 5.74) is 0.237. The van der Waals surface area contributed by atoms with Crippen LogP contribution in [0.3, 0.4) is 0 Å². The van der Waals surface area contributed by atoms with Gasteiger partial charge >= 0.3 is 0 Å². The molecule has 2 rings (SSSR count). The van der Waals surface area contributed by atoms with E-state index in [0.29, 0.717) is 18.0 Å². The lowest BCUT2D eigenvalue weighted by molar-refractivity contribution is -0.116. The molecule has 27 heavy (non-hydrogen) atoms. The standard InChI is InChI=1S/C19H21FN2O4S/c1-4-12-26-16-9-7-8-15(13-16)21-19(23)14(2)22(27(3,24)25)18-11-6-5-10-17(18)20/h4-11,13-14H,1,12H2,2-3H3,(H,21,23)/t14-/m0/s1. The maximum Gasteiger partial charge on any atom is 0.247 e. The molecule has 0 unspecified atom stereocenters. The maximum absolute atomic E-state index is 14.1. The summed E-state index contributed by atoms with van der Waals surface area (Å²) in [5.74, 6) is -0.818. The number of amides is 1. The molecule has 144 valence electrons. The van der Waals surface area contributed by atoms with Gasteiger partial charge in [0.2, 0.25) is 15.9 Å². The summed E-state index contributed by atoms with van der Waals surface area (Å²) in [6, 6.07) is 10.9. The van der Waals surface area contributed by atoms with Gasteiger partial charge in [-0.05, 0) is 31.2 Å². The number of rotatable bonds is 8. The van der Waals surface area contributed by atoms with Gasteiger partial charge in [-0.15, -0.1) is 0 Å². The van der Waals surface area contributed by atoms with E-state index in [1.54, 1.807) is 30.3 Å². The van der Waals surface area contributed by atoms with Crippen LogP contribution in [0.2, 0.25) is 0 Å². The van der Waals surface area contributed by atoms with Gasteiger partial charge in [-0.3, -0.25) is 9.10 Å². The minimum atomic E-state index is -3.90. The molecule has 0 bridgehead atoms. The van der Waals surface area contributed by atoms with Crippen molar-refractivity contribution in [3.63, 3.8) is 0 Å². The molecule has 0 spiro atoms. The van der Waals surface area contributed by atoms with Gasteiger partial charge in [0, 0.05) is 11.8 Å². The van der Waals surface area contributed by atoms with Crippen molar-refractivity contribution in [3.8, 4) is 5.75 Å². The second-order valence-electron chi connectivity index (χ2n) is 5.80. The van der Waals surface area contributed by atoms with Crippen molar-refractivity contribution in [1.82, 2.24) is 0 Å². The first-order valence-corrected chi connectivity index (χ1v) is 9.97. The topological polar surface area (TPSA) is 75.7 Å². The van der Waals surface area contributed by atoms with Crippen molar-refractivity contribution in [2.75, 3.05) is 22.5 Å². The summed E-state index contributed by atoms with van der Waals surface area (Å²) < 4.78 is 44.7. The fourth-order valence-electron chi connectivity index (χ4n) is 2.48. The largest absolute Gasteiger partial charge is 0.489 e. The molecule has 0 aromatic heterocycles.